The largest absolute Gasteiger partial charge is 0.507 e. The fraction of sp³-hybridized carbons (Fsp3) is 0.312. The summed E-state index contributed by atoms with van der Waals surface area (Å²) in [6.07, 6.45) is 4.59. The average Bonchev–Trinajstić information content (AvgIpc) is 3.46. The number of aromatic amines is 1. The Kier molecular flexibility index (Phi) is 7.94. The van der Waals surface area contributed by atoms with E-state index >= 15 is 0 Å². The number of halogens is 1. The lowest BCUT2D eigenvalue weighted by Gasteiger charge is -2.27. The molecule has 2 heterocycles. The number of aryl methyl sites for hydroxylation is 2. The smallest absolute Gasteiger partial charge is 0.273 e. The minimum atomic E-state index is -0.420. The predicted octanol–water partition coefficient (Wildman–Crippen LogP) is 7.76. The molecule has 2 N–H and O–H groups in total. The van der Waals surface area contributed by atoms with Gasteiger partial charge >= 0.3 is 0 Å². The Balaban J connectivity index is 1.54. The van der Waals surface area contributed by atoms with Crippen LogP contribution in [0.1, 0.15) is 77.0 Å². The number of rotatable bonds is 10. The molecule has 1 unspecified atom stereocenters. The fourth-order valence-electron chi connectivity index (χ4n) is 5.33. The van der Waals surface area contributed by atoms with Gasteiger partial charge in [0.05, 0.1) is 12.6 Å². The van der Waals surface area contributed by atoms with Crippen molar-refractivity contribution in [1.29, 1.82) is 0 Å². The zero-order valence-electron chi connectivity index (χ0n) is 22.6. The number of carbonyl (C=O) groups is 1. The SMILES string of the molecule is CCCCCCOc1ccc(C2c3c(-c4cc(C)cc(C)c4O)n[nH]c3C(=O)N2Cc2ccccc2Cl)cc1. The zero-order chi connectivity index (χ0) is 27.5. The number of phenols is 1. The number of hydrogen-bond donors (Lipinski definition) is 2. The summed E-state index contributed by atoms with van der Waals surface area (Å²) in [5.41, 5.74) is 5.91. The molecule has 202 valence electrons. The number of aromatic hydroxyl groups is 1. The third kappa shape index (κ3) is 5.39. The van der Waals surface area contributed by atoms with Crippen molar-refractivity contribution in [2.75, 3.05) is 6.61 Å². The van der Waals surface area contributed by atoms with Crippen LogP contribution >= 0.6 is 11.6 Å². The van der Waals surface area contributed by atoms with Crippen molar-refractivity contribution in [3.05, 3.63) is 99.2 Å². The van der Waals surface area contributed by atoms with Gasteiger partial charge in [-0.1, -0.05) is 74.2 Å². The predicted molar refractivity (Wildman–Crippen MR) is 154 cm³/mol. The van der Waals surface area contributed by atoms with Crippen molar-refractivity contribution in [2.45, 2.75) is 59.0 Å². The highest BCUT2D eigenvalue weighted by molar-refractivity contribution is 6.31. The van der Waals surface area contributed by atoms with Gasteiger partial charge in [-0.2, -0.15) is 5.10 Å². The number of aromatic nitrogens is 2. The highest BCUT2D eigenvalue weighted by Crippen LogP contribution is 2.46. The summed E-state index contributed by atoms with van der Waals surface area (Å²) in [4.78, 5) is 15.6. The van der Waals surface area contributed by atoms with Crippen LogP contribution in [0.3, 0.4) is 0 Å². The Morgan fingerprint density at radius 3 is 2.56 bits per heavy atom. The third-order valence-electron chi connectivity index (χ3n) is 7.32. The number of nitrogens with one attached hydrogen (secondary N) is 1. The number of benzene rings is 3. The van der Waals surface area contributed by atoms with E-state index in [2.05, 4.69) is 17.1 Å². The quantitative estimate of drug-likeness (QED) is 0.200. The van der Waals surface area contributed by atoms with Crippen molar-refractivity contribution in [3.63, 3.8) is 0 Å². The number of H-pyrrole nitrogens is 1. The molecule has 3 aromatic carbocycles. The van der Waals surface area contributed by atoms with Gasteiger partial charge in [-0.15, -0.1) is 0 Å². The topological polar surface area (TPSA) is 78.5 Å². The first-order chi connectivity index (χ1) is 18.9. The lowest BCUT2D eigenvalue weighted by Crippen LogP contribution is -2.29. The highest BCUT2D eigenvalue weighted by atomic mass is 35.5. The maximum absolute atomic E-state index is 13.8. The van der Waals surface area contributed by atoms with Gasteiger partial charge in [0.1, 0.15) is 22.9 Å². The molecule has 0 fully saturated rings. The lowest BCUT2D eigenvalue weighted by molar-refractivity contribution is 0.0730. The molecule has 39 heavy (non-hydrogen) atoms. The van der Waals surface area contributed by atoms with Crippen LogP contribution in [-0.2, 0) is 6.54 Å². The first-order valence-corrected chi connectivity index (χ1v) is 13.9. The second kappa shape index (κ2) is 11.5. The van der Waals surface area contributed by atoms with Gasteiger partial charge < -0.3 is 14.7 Å². The zero-order valence-corrected chi connectivity index (χ0v) is 23.4. The Bertz CT molecular complexity index is 1480. The number of carbonyl (C=O) groups excluding carboxylic acids is 1. The molecule has 0 spiro atoms. The molecule has 1 aliphatic heterocycles. The first-order valence-electron chi connectivity index (χ1n) is 13.5. The van der Waals surface area contributed by atoms with Gasteiger partial charge in [-0.05, 0) is 66.8 Å². The Hall–Kier alpha value is -3.77. The molecule has 0 aliphatic carbocycles. The first kappa shape index (κ1) is 26.8. The molecule has 0 saturated heterocycles. The number of phenolic OH excluding ortho intramolecular Hbond substituents is 1. The standard InChI is InChI=1S/C32H34ClN3O3/c1-4-5-6-9-16-39-24-14-12-22(13-15-24)30-27-28(25-18-20(2)17-21(3)31(25)37)34-35-29(27)32(38)36(30)19-23-10-7-8-11-26(23)33/h7-8,10-15,17-18,30,37H,4-6,9,16,19H2,1-3H3,(H,34,35). The second-order valence-electron chi connectivity index (χ2n) is 10.2. The summed E-state index contributed by atoms with van der Waals surface area (Å²) in [6, 6.07) is 18.9. The molecule has 7 heteroatoms. The number of ether oxygens (including phenoxy) is 1. The normalized spacial score (nSPS) is 14.6. The number of fused-ring (bicyclic) bond motifs is 1. The van der Waals surface area contributed by atoms with Crippen molar-refractivity contribution in [2.24, 2.45) is 0 Å². The van der Waals surface area contributed by atoms with Crippen LogP contribution in [0.15, 0.2) is 60.7 Å². The molecule has 0 bridgehead atoms. The van der Waals surface area contributed by atoms with Crippen molar-refractivity contribution >= 4 is 17.5 Å². The van der Waals surface area contributed by atoms with Gasteiger partial charge in [0.25, 0.3) is 5.91 Å². The number of nitrogens with zero attached hydrogens (tertiary/aromatic N) is 2. The van der Waals surface area contributed by atoms with E-state index in [4.69, 9.17) is 16.3 Å². The molecule has 0 radical (unpaired) electrons. The van der Waals surface area contributed by atoms with E-state index in [-0.39, 0.29) is 11.7 Å². The second-order valence-corrected chi connectivity index (χ2v) is 10.7. The molecule has 1 aromatic heterocycles. The van der Waals surface area contributed by atoms with E-state index in [0.717, 1.165) is 46.4 Å². The van der Waals surface area contributed by atoms with Crippen LogP contribution in [0.4, 0.5) is 0 Å². The molecular formula is C32H34ClN3O3. The van der Waals surface area contributed by atoms with Crippen LogP contribution in [0.5, 0.6) is 11.5 Å². The monoisotopic (exact) mass is 543 g/mol. The summed E-state index contributed by atoms with van der Waals surface area (Å²) < 4.78 is 5.97. The van der Waals surface area contributed by atoms with Crippen molar-refractivity contribution in [3.8, 4) is 22.8 Å². The van der Waals surface area contributed by atoms with E-state index in [1.54, 1.807) is 0 Å². The maximum atomic E-state index is 13.8. The lowest BCUT2D eigenvalue weighted by atomic mass is 9.94. The van der Waals surface area contributed by atoms with Crippen molar-refractivity contribution < 1.29 is 14.6 Å². The minimum absolute atomic E-state index is 0.159. The summed E-state index contributed by atoms with van der Waals surface area (Å²) >= 11 is 6.51. The van der Waals surface area contributed by atoms with E-state index in [0.29, 0.717) is 35.1 Å². The van der Waals surface area contributed by atoms with Gasteiger partial charge in [0.15, 0.2) is 0 Å². The van der Waals surface area contributed by atoms with Gasteiger partial charge in [0, 0.05) is 22.7 Å². The highest BCUT2D eigenvalue weighted by Gasteiger charge is 2.42. The van der Waals surface area contributed by atoms with Gasteiger partial charge in [0.2, 0.25) is 0 Å². The van der Waals surface area contributed by atoms with Crippen molar-refractivity contribution in [1.82, 2.24) is 15.1 Å². The Morgan fingerprint density at radius 1 is 1.05 bits per heavy atom. The fourth-order valence-corrected chi connectivity index (χ4v) is 5.52. The Labute approximate surface area is 234 Å². The van der Waals surface area contributed by atoms with Crippen LogP contribution < -0.4 is 4.74 Å². The van der Waals surface area contributed by atoms with E-state index in [1.165, 1.54) is 12.8 Å². The number of hydrogen-bond acceptors (Lipinski definition) is 4. The summed E-state index contributed by atoms with van der Waals surface area (Å²) in [6.45, 7) is 7.06. The molecule has 1 amide bonds. The molecular weight excluding hydrogens is 510 g/mol. The van der Waals surface area contributed by atoms with E-state index in [1.807, 2.05) is 79.4 Å². The minimum Gasteiger partial charge on any atom is -0.507 e. The summed E-state index contributed by atoms with van der Waals surface area (Å²) in [7, 11) is 0. The van der Waals surface area contributed by atoms with Crippen LogP contribution in [-0.4, -0.2) is 32.7 Å². The molecule has 0 saturated carbocycles. The van der Waals surface area contributed by atoms with Crippen LogP contribution in [0, 0.1) is 13.8 Å². The van der Waals surface area contributed by atoms with Crippen LogP contribution in [0.2, 0.25) is 5.02 Å². The van der Waals surface area contributed by atoms with E-state index < -0.39 is 6.04 Å². The summed E-state index contributed by atoms with van der Waals surface area (Å²) in [5, 5.41) is 19.1. The van der Waals surface area contributed by atoms with Gasteiger partial charge in [-0.3, -0.25) is 9.89 Å². The Morgan fingerprint density at radius 2 is 1.82 bits per heavy atom. The molecule has 1 aliphatic rings. The average molecular weight is 544 g/mol. The molecule has 1 atom stereocenters. The molecule has 5 rings (SSSR count). The molecule has 4 aromatic rings. The summed E-state index contributed by atoms with van der Waals surface area (Å²) in [5.74, 6) is 0.808. The van der Waals surface area contributed by atoms with Gasteiger partial charge in [-0.25, -0.2) is 0 Å². The molecule has 6 nitrogen and oxygen atoms in total. The van der Waals surface area contributed by atoms with Crippen LogP contribution in [0.25, 0.3) is 11.3 Å². The number of amides is 1. The maximum Gasteiger partial charge on any atom is 0.273 e. The van der Waals surface area contributed by atoms with E-state index in [9.17, 15) is 9.90 Å². The number of unbranched alkanes of at least 4 members (excludes halogenated alkanes) is 3. The third-order valence-corrected chi connectivity index (χ3v) is 7.69.